The fourth-order valence-corrected chi connectivity index (χ4v) is 3.56. The van der Waals surface area contributed by atoms with Gasteiger partial charge in [-0.3, -0.25) is 0 Å². The number of hydrogen-bond donors (Lipinski definition) is 2. The molecule has 0 spiro atoms. The first kappa shape index (κ1) is 15.6. The molecule has 3 nitrogen and oxygen atoms in total. The van der Waals surface area contributed by atoms with Crippen molar-refractivity contribution < 1.29 is 0 Å². The Balaban J connectivity index is 1.96. The third-order valence-electron chi connectivity index (χ3n) is 3.68. The minimum Gasteiger partial charge on any atom is -0.389 e. The molecule has 0 aromatic heterocycles. The van der Waals surface area contributed by atoms with Crippen LogP contribution in [-0.4, -0.2) is 42.3 Å². The molecule has 2 rings (SSSR count). The van der Waals surface area contributed by atoms with E-state index in [0.717, 1.165) is 29.2 Å². The number of piperidine rings is 1. The number of anilines is 1. The van der Waals surface area contributed by atoms with Crippen LogP contribution in [0.4, 0.5) is 5.69 Å². The molecule has 0 radical (unpaired) electrons. The Morgan fingerprint density at radius 1 is 1.35 bits per heavy atom. The van der Waals surface area contributed by atoms with Crippen LogP contribution < -0.4 is 11.1 Å². The summed E-state index contributed by atoms with van der Waals surface area (Å²) in [6.07, 6.45) is 6.10. The summed E-state index contributed by atoms with van der Waals surface area (Å²) in [7, 11) is 0. The van der Waals surface area contributed by atoms with E-state index in [4.69, 9.17) is 18.0 Å². The zero-order valence-electron chi connectivity index (χ0n) is 12.0. The molecular formula is C15H23N3S2. The second-order valence-corrected chi connectivity index (χ2v) is 6.36. The summed E-state index contributed by atoms with van der Waals surface area (Å²) in [5, 5.41) is 3.49. The van der Waals surface area contributed by atoms with Crippen molar-refractivity contribution in [2.75, 3.05) is 37.8 Å². The van der Waals surface area contributed by atoms with Crippen molar-refractivity contribution in [3.8, 4) is 0 Å². The van der Waals surface area contributed by atoms with Gasteiger partial charge in [-0.2, -0.15) is 0 Å². The lowest BCUT2D eigenvalue weighted by Gasteiger charge is -2.26. The van der Waals surface area contributed by atoms with Crippen LogP contribution >= 0.6 is 24.0 Å². The first-order valence-electron chi connectivity index (χ1n) is 7.15. The molecule has 1 heterocycles. The average molecular weight is 310 g/mol. The molecule has 1 fully saturated rings. The maximum absolute atomic E-state index is 5.87. The van der Waals surface area contributed by atoms with E-state index in [1.165, 1.54) is 32.4 Å². The summed E-state index contributed by atoms with van der Waals surface area (Å²) in [4.78, 5) is 4.13. The SMILES string of the molecule is CSc1cccc(NCCN2CCCCC2)c1C(N)=S. The first-order valence-corrected chi connectivity index (χ1v) is 8.78. The fraction of sp³-hybridized carbons (Fsp3) is 0.533. The van der Waals surface area contributed by atoms with Gasteiger partial charge in [-0.1, -0.05) is 24.7 Å². The van der Waals surface area contributed by atoms with Crippen LogP contribution in [0.2, 0.25) is 0 Å². The molecule has 0 amide bonds. The van der Waals surface area contributed by atoms with Gasteiger partial charge in [0.05, 0.1) is 0 Å². The van der Waals surface area contributed by atoms with Gasteiger partial charge in [-0.25, -0.2) is 0 Å². The van der Waals surface area contributed by atoms with Crippen molar-refractivity contribution in [3.63, 3.8) is 0 Å². The van der Waals surface area contributed by atoms with Gasteiger partial charge in [0.15, 0.2) is 0 Å². The van der Waals surface area contributed by atoms with E-state index in [9.17, 15) is 0 Å². The smallest absolute Gasteiger partial charge is 0.107 e. The van der Waals surface area contributed by atoms with E-state index in [-0.39, 0.29) is 0 Å². The van der Waals surface area contributed by atoms with Crippen molar-refractivity contribution in [1.29, 1.82) is 0 Å². The van der Waals surface area contributed by atoms with Crippen molar-refractivity contribution in [2.24, 2.45) is 5.73 Å². The maximum Gasteiger partial charge on any atom is 0.107 e. The van der Waals surface area contributed by atoms with E-state index >= 15 is 0 Å². The van der Waals surface area contributed by atoms with Crippen molar-refractivity contribution in [2.45, 2.75) is 24.2 Å². The quantitative estimate of drug-likeness (QED) is 0.624. The van der Waals surface area contributed by atoms with Gasteiger partial charge in [0.1, 0.15) is 4.99 Å². The zero-order chi connectivity index (χ0) is 14.4. The third-order valence-corrected chi connectivity index (χ3v) is 4.67. The number of nitrogens with one attached hydrogen (secondary N) is 1. The Labute approximate surface area is 131 Å². The molecule has 3 N–H and O–H groups in total. The molecule has 0 bridgehead atoms. The lowest BCUT2D eigenvalue weighted by molar-refractivity contribution is 0.237. The van der Waals surface area contributed by atoms with Crippen molar-refractivity contribution in [3.05, 3.63) is 23.8 Å². The summed E-state index contributed by atoms with van der Waals surface area (Å²) in [6.45, 7) is 4.48. The number of likely N-dealkylation sites (tertiary alicyclic amines) is 1. The highest BCUT2D eigenvalue weighted by atomic mass is 32.2. The average Bonchev–Trinajstić information content (AvgIpc) is 2.47. The Morgan fingerprint density at radius 2 is 2.10 bits per heavy atom. The largest absolute Gasteiger partial charge is 0.389 e. The minimum absolute atomic E-state index is 0.468. The van der Waals surface area contributed by atoms with Crippen LogP contribution in [0.15, 0.2) is 23.1 Å². The highest BCUT2D eigenvalue weighted by Gasteiger charge is 2.12. The molecule has 110 valence electrons. The molecule has 0 aliphatic carbocycles. The van der Waals surface area contributed by atoms with Crippen LogP contribution in [0.5, 0.6) is 0 Å². The van der Waals surface area contributed by atoms with Gasteiger partial charge in [0.2, 0.25) is 0 Å². The summed E-state index contributed by atoms with van der Waals surface area (Å²) in [6, 6.07) is 6.18. The third kappa shape index (κ3) is 4.11. The van der Waals surface area contributed by atoms with Gasteiger partial charge in [0.25, 0.3) is 0 Å². The van der Waals surface area contributed by atoms with Gasteiger partial charge in [-0.15, -0.1) is 11.8 Å². The molecule has 0 unspecified atom stereocenters. The first-order chi connectivity index (χ1) is 9.72. The highest BCUT2D eigenvalue weighted by Crippen LogP contribution is 2.27. The fourth-order valence-electron chi connectivity index (χ4n) is 2.63. The monoisotopic (exact) mass is 309 g/mol. The number of thioether (sulfide) groups is 1. The van der Waals surface area contributed by atoms with Crippen LogP contribution in [-0.2, 0) is 0 Å². The number of nitrogens with two attached hydrogens (primary N) is 1. The lowest BCUT2D eigenvalue weighted by atomic mass is 10.1. The van der Waals surface area contributed by atoms with E-state index in [1.807, 2.05) is 0 Å². The summed E-state index contributed by atoms with van der Waals surface area (Å²) >= 11 is 6.87. The predicted octanol–water partition coefficient (Wildman–Crippen LogP) is 2.94. The number of nitrogens with zero attached hydrogens (tertiary/aromatic N) is 1. The maximum atomic E-state index is 5.87. The second kappa shape index (κ2) is 7.86. The van der Waals surface area contributed by atoms with E-state index in [1.54, 1.807) is 11.8 Å². The number of benzene rings is 1. The number of rotatable bonds is 6. The van der Waals surface area contributed by atoms with Gasteiger partial charge >= 0.3 is 0 Å². The summed E-state index contributed by atoms with van der Waals surface area (Å²) < 4.78 is 0. The van der Waals surface area contributed by atoms with Crippen LogP contribution in [0.3, 0.4) is 0 Å². The Hall–Kier alpha value is -0.780. The van der Waals surface area contributed by atoms with Gasteiger partial charge in [-0.05, 0) is 44.3 Å². The molecule has 1 aliphatic rings. The molecule has 1 aromatic carbocycles. The van der Waals surface area contributed by atoms with Crippen molar-refractivity contribution >= 4 is 34.7 Å². The Kier molecular flexibility index (Phi) is 6.13. The molecule has 1 saturated heterocycles. The van der Waals surface area contributed by atoms with Crippen LogP contribution in [0, 0.1) is 0 Å². The van der Waals surface area contributed by atoms with Gasteiger partial charge in [0, 0.05) is 29.2 Å². The Morgan fingerprint density at radius 3 is 2.75 bits per heavy atom. The van der Waals surface area contributed by atoms with Crippen LogP contribution in [0.25, 0.3) is 0 Å². The summed E-state index contributed by atoms with van der Waals surface area (Å²) in [5.74, 6) is 0. The van der Waals surface area contributed by atoms with E-state index in [2.05, 4.69) is 34.7 Å². The number of hydrogen-bond acceptors (Lipinski definition) is 4. The Bertz CT molecular complexity index is 456. The molecule has 1 aromatic rings. The molecular weight excluding hydrogens is 286 g/mol. The zero-order valence-corrected chi connectivity index (χ0v) is 13.7. The van der Waals surface area contributed by atoms with Gasteiger partial charge < -0.3 is 16.0 Å². The number of thiocarbonyl (C=S) groups is 1. The van der Waals surface area contributed by atoms with E-state index in [0.29, 0.717) is 4.99 Å². The molecule has 1 aliphatic heterocycles. The minimum atomic E-state index is 0.468. The van der Waals surface area contributed by atoms with Crippen molar-refractivity contribution in [1.82, 2.24) is 4.90 Å². The topological polar surface area (TPSA) is 41.3 Å². The molecule has 5 heteroatoms. The molecule has 0 saturated carbocycles. The molecule has 20 heavy (non-hydrogen) atoms. The summed E-state index contributed by atoms with van der Waals surface area (Å²) in [5.41, 5.74) is 7.91. The lowest BCUT2D eigenvalue weighted by Crippen LogP contribution is -2.34. The van der Waals surface area contributed by atoms with E-state index < -0.39 is 0 Å². The highest BCUT2D eigenvalue weighted by molar-refractivity contribution is 7.98. The normalized spacial score (nSPS) is 16.1. The van der Waals surface area contributed by atoms with Crippen LogP contribution in [0.1, 0.15) is 24.8 Å². The second-order valence-electron chi connectivity index (χ2n) is 5.08. The molecule has 0 atom stereocenters. The predicted molar refractivity (Wildman–Crippen MR) is 92.9 cm³/mol. The standard InChI is InChI=1S/C15H23N3S2/c1-20-13-7-5-6-12(14(13)15(16)19)17-8-11-18-9-3-2-4-10-18/h5-7,17H,2-4,8-11H2,1H3,(H2,16,19).